The summed E-state index contributed by atoms with van der Waals surface area (Å²) in [6.45, 7) is 6.15. The van der Waals surface area contributed by atoms with Gasteiger partial charge in [0.15, 0.2) is 0 Å². The number of nitrogens with two attached hydrogens (primary N) is 1. The summed E-state index contributed by atoms with van der Waals surface area (Å²) in [5.74, 6) is 0.0788. The van der Waals surface area contributed by atoms with Gasteiger partial charge in [-0.1, -0.05) is 37.9 Å². The van der Waals surface area contributed by atoms with Crippen molar-refractivity contribution in [3.05, 3.63) is 34.6 Å². The standard InChI is InChI=1S/C13H19ClFN/c1-4-9(2)13(3,16)8-10-5-6-11(14)7-12(10)15/h5-7,9H,4,8,16H2,1-3H3. The highest BCUT2D eigenvalue weighted by molar-refractivity contribution is 6.30. The molecule has 0 heterocycles. The first-order valence-electron chi connectivity index (χ1n) is 5.59. The van der Waals surface area contributed by atoms with Gasteiger partial charge in [0.1, 0.15) is 5.82 Å². The summed E-state index contributed by atoms with van der Waals surface area (Å²) in [5.41, 5.74) is 6.46. The third-order valence-electron chi connectivity index (χ3n) is 3.32. The van der Waals surface area contributed by atoms with Crippen molar-refractivity contribution in [1.82, 2.24) is 0 Å². The van der Waals surface area contributed by atoms with E-state index in [1.54, 1.807) is 12.1 Å². The predicted molar refractivity (Wildman–Crippen MR) is 67.2 cm³/mol. The Kier molecular flexibility index (Phi) is 4.34. The van der Waals surface area contributed by atoms with Gasteiger partial charge in [0.05, 0.1) is 0 Å². The van der Waals surface area contributed by atoms with Crippen LogP contribution in [0.5, 0.6) is 0 Å². The molecular formula is C13H19ClFN. The summed E-state index contributed by atoms with van der Waals surface area (Å²) in [4.78, 5) is 0. The molecule has 3 heteroatoms. The lowest BCUT2D eigenvalue weighted by Crippen LogP contribution is -2.45. The quantitative estimate of drug-likeness (QED) is 0.856. The third-order valence-corrected chi connectivity index (χ3v) is 3.56. The van der Waals surface area contributed by atoms with Crippen LogP contribution in [0.2, 0.25) is 5.02 Å². The number of hydrogen-bond acceptors (Lipinski definition) is 1. The van der Waals surface area contributed by atoms with Crippen molar-refractivity contribution in [1.29, 1.82) is 0 Å². The monoisotopic (exact) mass is 243 g/mol. The Hall–Kier alpha value is -0.600. The van der Waals surface area contributed by atoms with Gasteiger partial charge in [-0.2, -0.15) is 0 Å². The molecule has 16 heavy (non-hydrogen) atoms. The van der Waals surface area contributed by atoms with E-state index in [0.29, 0.717) is 22.9 Å². The minimum absolute atomic E-state index is 0.271. The van der Waals surface area contributed by atoms with Gasteiger partial charge in [0.25, 0.3) is 0 Å². The summed E-state index contributed by atoms with van der Waals surface area (Å²) in [6.07, 6.45) is 1.52. The molecule has 0 saturated carbocycles. The molecule has 0 spiro atoms. The normalized spacial score (nSPS) is 16.9. The minimum atomic E-state index is -0.385. The van der Waals surface area contributed by atoms with Crippen molar-refractivity contribution < 1.29 is 4.39 Å². The second-order valence-corrected chi connectivity index (χ2v) is 5.16. The summed E-state index contributed by atoms with van der Waals surface area (Å²) in [7, 11) is 0. The number of hydrogen-bond donors (Lipinski definition) is 1. The number of rotatable bonds is 4. The zero-order valence-electron chi connectivity index (χ0n) is 10.1. The molecule has 1 nitrogen and oxygen atoms in total. The molecule has 0 amide bonds. The molecule has 0 aliphatic heterocycles. The van der Waals surface area contributed by atoms with E-state index in [4.69, 9.17) is 17.3 Å². The molecule has 2 N–H and O–H groups in total. The Balaban J connectivity index is 2.87. The number of halogens is 2. The van der Waals surface area contributed by atoms with Gasteiger partial charge in [0, 0.05) is 10.6 Å². The maximum absolute atomic E-state index is 13.6. The smallest absolute Gasteiger partial charge is 0.127 e. The lowest BCUT2D eigenvalue weighted by Gasteiger charge is -2.31. The molecule has 1 aromatic carbocycles. The van der Waals surface area contributed by atoms with Crippen LogP contribution in [0.1, 0.15) is 32.8 Å². The van der Waals surface area contributed by atoms with E-state index >= 15 is 0 Å². The fourth-order valence-electron chi connectivity index (χ4n) is 1.72. The van der Waals surface area contributed by atoms with E-state index in [-0.39, 0.29) is 11.4 Å². The van der Waals surface area contributed by atoms with E-state index in [9.17, 15) is 4.39 Å². The summed E-state index contributed by atoms with van der Waals surface area (Å²) in [5, 5.41) is 0.420. The van der Waals surface area contributed by atoms with Crippen LogP contribution < -0.4 is 5.73 Å². The molecule has 2 unspecified atom stereocenters. The van der Waals surface area contributed by atoms with Crippen LogP contribution in [0, 0.1) is 11.7 Å². The summed E-state index contributed by atoms with van der Waals surface area (Å²) >= 11 is 5.71. The van der Waals surface area contributed by atoms with Crippen molar-refractivity contribution in [3.8, 4) is 0 Å². The van der Waals surface area contributed by atoms with Crippen LogP contribution in [-0.2, 0) is 6.42 Å². The fourth-order valence-corrected chi connectivity index (χ4v) is 1.87. The molecule has 1 rings (SSSR count). The Labute approximate surface area is 102 Å². The summed E-state index contributed by atoms with van der Waals surface area (Å²) < 4.78 is 13.6. The molecule has 0 radical (unpaired) electrons. The van der Waals surface area contributed by atoms with Gasteiger partial charge in [-0.25, -0.2) is 4.39 Å². The van der Waals surface area contributed by atoms with Crippen LogP contribution in [0.15, 0.2) is 18.2 Å². The van der Waals surface area contributed by atoms with Crippen LogP contribution in [0.4, 0.5) is 4.39 Å². The average Bonchev–Trinajstić information content (AvgIpc) is 2.21. The van der Waals surface area contributed by atoms with Gasteiger partial charge in [0.2, 0.25) is 0 Å². The maximum atomic E-state index is 13.6. The Bertz CT molecular complexity index is 363. The average molecular weight is 244 g/mol. The van der Waals surface area contributed by atoms with Crippen molar-refractivity contribution in [2.24, 2.45) is 11.7 Å². The lowest BCUT2D eigenvalue weighted by molar-refractivity contribution is 0.303. The van der Waals surface area contributed by atoms with Gasteiger partial charge >= 0.3 is 0 Å². The van der Waals surface area contributed by atoms with Gasteiger partial charge in [-0.05, 0) is 37.0 Å². The summed E-state index contributed by atoms with van der Waals surface area (Å²) in [6, 6.07) is 4.75. The molecule has 0 bridgehead atoms. The van der Waals surface area contributed by atoms with Crippen molar-refractivity contribution >= 4 is 11.6 Å². The first-order valence-corrected chi connectivity index (χ1v) is 5.97. The predicted octanol–water partition coefficient (Wildman–Crippen LogP) is 3.79. The second-order valence-electron chi connectivity index (χ2n) is 4.73. The van der Waals surface area contributed by atoms with Crippen LogP contribution in [0.3, 0.4) is 0 Å². The fraction of sp³-hybridized carbons (Fsp3) is 0.538. The first-order chi connectivity index (χ1) is 7.36. The van der Waals surface area contributed by atoms with E-state index in [1.807, 2.05) is 6.92 Å². The molecule has 0 fully saturated rings. The Morgan fingerprint density at radius 3 is 2.62 bits per heavy atom. The van der Waals surface area contributed by atoms with Gasteiger partial charge in [-0.15, -0.1) is 0 Å². The highest BCUT2D eigenvalue weighted by Gasteiger charge is 2.26. The maximum Gasteiger partial charge on any atom is 0.127 e. The topological polar surface area (TPSA) is 26.0 Å². The number of benzene rings is 1. The van der Waals surface area contributed by atoms with E-state index in [1.165, 1.54) is 6.07 Å². The van der Waals surface area contributed by atoms with Crippen molar-refractivity contribution in [3.63, 3.8) is 0 Å². The highest BCUT2D eigenvalue weighted by Crippen LogP contribution is 2.24. The lowest BCUT2D eigenvalue weighted by atomic mass is 9.81. The van der Waals surface area contributed by atoms with E-state index in [0.717, 1.165) is 6.42 Å². The van der Waals surface area contributed by atoms with Crippen molar-refractivity contribution in [2.45, 2.75) is 39.2 Å². The first kappa shape index (κ1) is 13.5. The molecule has 0 aromatic heterocycles. The molecular weight excluding hydrogens is 225 g/mol. The SMILES string of the molecule is CCC(C)C(C)(N)Cc1ccc(Cl)cc1F. The van der Waals surface area contributed by atoms with Gasteiger partial charge in [-0.3, -0.25) is 0 Å². The van der Waals surface area contributed by atoms with E-state index < -0.39 is 0 Å². The zero-order chi connectivity index (χ0) is 12.3. The largest absolute Gasteiger partial charge is 0.325 e. The molecule has 2 atom stereocenters. The molecule has 1 aromatic rings. The molecule has 0 aliphatic rings. The van der Waals surface area contributed by atoms with Crippen LogP contribution in [0.25, 0.3) is 0 Å². The van der Waals surface area contributed by atoms with E-state index in [2.05, 4.69) is 13.8 Å². The Morgan fingerprint density at radius 2 is 2.12 bits per heavy atom. The second kappa shape index (κ2) is 5.15. The molecule has 0 saturated heterocycles. The van der Waals surface area contributed by atoms with Crippen molar-refractivity contribution in [2.75, 3.05) is 0 Å². The highest BCUT2D eigenvalue weighted by atomic mass is 35.5. The third kappa shape index (κ3) is 3.19. The van der Waals surface area contributed by atoms with Crippen LogP contribution in [-0.4, -0.2) is 5.54 Å². The van der Waals surface area contributed by atoms with Gasteiger partial charge < -0.3 is 5.73 Å². The molecule has 90 valence electrons. The molecule has 0 aliphatic carbocycles. The Morgan fingerprint density at radius 1 is 1.50 bits per heavy atom. The minimum Gasteiger partial charge on any atom is -0.325 e. The van der Waals surface area contributed by atoms with Crippen LogP contribution >= 0.6 is 11.6 Å². The zero-order valence-corrected chi connectivity index (χ0v) is 10.8.